The van der Waals surface area contributed by atoms with E-state index in [0.29, 0.717) is 6.42 Å². The second-order valence-corrected chi connectivity index (χ2v) is 14.0. The van der Waals surface area contributed by atoms with Gasteiger partial charge in [-0.3, -0.25) is 9.35 Å². The van der Waals surface area contributed by atoms with Crippen molar-refractivity contribution in [1.82, 2.24) is 5.32 Å². The zero-order valence-electron chi connectivity index (χ0n) is 28.5. The molecule has 0 aromatic heterocycles. The monoisotopic (exact) mass is 639 g/mol. The lowest BCUT2D eigenvalue weighted by atomic mass is 10.0. The number of rotatable bonds is 32. The topological polar surface area (TPSA) is 104 Å². The minimum Gasteiger partial charge on any atom is -0.387 e. The highest BCUT2D eigenvalue weighted by molar-refractivity contribution is 7.85. The number of unbranched alkanes of at least 4 members (excludes halogenated alkanes) is 20. The molecule has 0 aromatic carbocycles. The van der Waals surface area contributed by atoms with Crippen molar-refractivity contribution in [2.75, 3.05) is 5.75 Å². The van der Waals surface area contributed by atoms with Crippen molar-refractivity contribution in [2.24, 2.45) is 0 Å². The van der Waals surface area contributed by atoms with Gasteiger partial charge in [0, 0.05) is 6.42 Å². The van der Waals surface area contributed by atoms with Crippen LogP contribution in [0.15, 0.2) is 36.5 Å². The maximum Gasteiger partial charge on any atom is 0.267 e. The average Bonchev–Trinajstić information content (AvgIpc) is 2.98. The van der Waals surface area contributed by atoms with E-state index < -0.39 is 28.0 Å². The molecule has 6 nitrogen and oxygen atoms in total. The Morgan fingerprint density at radius 3 is 1.57 bits per heavy atom. The van der Waals surface area contributed by atoms with Crippen molar-refractivity contribution in [3.63, 3.8) is 0 Å². The van der Waals surface area contributed by atoms with Crippen LogP contribution in [0.5, 0.6) is 0 Å². The summed E-state index contributed by atoms with van der Waals surface area (Å²) in [5.74, 6) is -0.998. The van der Waals surface area contributed by atoms with Gasteiger partial charge in [-0.05, 0) is 44.9 Å². The molecule has 0 aliphatic carbocycles. The van der Waals surface area contributed by atoms with Gasteiger partial charge in [-0.1, -0.05) is 159 Å². The van der Waals surface area contributed by atoms with Crippen molar-refractivity contribution < 1.29 is 22.9 Å². The normalized spacial score (nSPS) is 13.8. The Morgan fingerprint density at radius 2 is 1.07 bits per heavy atom. The van der Waals surface area contributed by atoms with Crippen LogP contribution >= 0.6 is 0 Å². The first-order valence-electron chi connectivity index (χ1n) is 18.2. The lowest BCUT2D eigenvalue weighted by Gasteiger charge is -2.21. The number of amides is 1. The van der Waals surface area contributed by atoms with Gasteiger partial charge < -0.3 is 10.4 Å². The van der Waals surface area contributed by atoms with Gasteiger partial charge in [0.05, 0.1) is 17.9 Å². The van der Waals surface area contributed by atoms with E-state index in [4.69, 9.17) is 0 Å². The quantitative estimate of drug-likeness (QED) is 0.0386. The molecular weight excluding hydrogens is 570 g/mol. The van der Waals surface area contributed by atoms with Crippen LogP contribution < -0.4 is 5.32 Å². The molecule has 0 saturated carbocycles. The zero-order chi connectivity index (χ0) is 32.6. The first kappa shape index (κ1) is 42.6. The molecule has 0 bridgehead atoms. The fraction of sp³-hybridized carbons (Fsp3) is 0.811. The fourth-order valence-corrected chi connectivity index (χ4v) is 6.04. The summed E-state index contributed by atoms with van der Waals surface area (Å²) < 4.78 is 32.3. The molecule has 0 radical (unpaired) electrons. The Bertz CT molecular complexity index is 837. The van der Waals surface area contributed by atoms with Gasteiger partial charge in [0.15, 0.2) is 0 Å². The molecule has 0 heterocycles. The highest BCUT2D eigenvalue weighted by atomic mass is 32.2. The fourth-order valence-electron chi connectivity index (χ4n) is 5.31. The van der Waals surface area contributed by atoms with E-state index in [1.165, 1.54) is 83.5 Å². The van der Waals surface area contributed by atoms with Gasteiger partial charge in [-0.2, -0.15) is 8.42 Å². The third kappa shape index (κ3) is 32.0. The summed E-state index contributed by atoms with van der Waals surface area (Å²) in [6.45, 7) is 4.44. The van der Waals surface area contributed by atoms with Gasteiger partial charge in [0.25, 0.3) is 10.1 Å². The Labute approximate surface area is 272 Å². The molecule has 1 amide bonds. The summed E-state index contributed by atoms with van der Waals surface area (Å²) in [4.78, 5) is 12.4. The number of hydrogen-bond donors (Lipinski definition) is 3. The van der Waals surface area contributed by atoms with Crippen molar-refractivity contribution >= 4 is 16.0 Å². The third-order valence-electron chi connectivity index (χ3n) is 8.04. The molecule has 0 saturated heterocycles. The molecule has 0 fully saturated rings. The molecule has 2 unspecified atom stereocenters. The van der Waals surface area contributed by atoms with Crippen LogP contribution in [-0.2, 0) is 14.9 Å². The molecule has 0 aliphatic heterocycles. The molecule has 258 valence electrons. The molecule has 0 aromatic rings. The zero-order valence-corrected chi connectivity index (χ0v) is 29.3. The number of nitrogens with one attached hydrogen (secondary N) is 1. The first-order chi connectivity index (χ1) is 21.3. The minimum absolute atomic E-state index is 0.279. The van der Waals surface area contributed by atoms with Gasteiger partial charge in [0.2, 0.25) is 5.91 Å². The second-order valence-electron chi connectivity index (χ2n) is 12.5. The van der Waals surface area contributed by atoms with E-state index in [0.717, 1.165) is 64.2 Å². The van der Waals surface area contributed by atoms with Gasteiger partial charge in [0.1, 0.15) is 0 Å². The summed E-state index contributed by atoms with van der Waals surface area (Å²) in [5, 5.41) is 13.2. The molecule has 44 heavy (non-hydrogen) atoms. The number of hydrogen-bond acceptors (Lipinski definition) is 4. The summed E-state index contributed by atoms with van der Waals surface area (Å²) in [7, 11) is -4.34. The Morgan fingerprint density at radius 1 is 0.614 bits per heavy atom. The van der Waals surface area contributed by atoms with E-state index >= 15 is 0 Å². The van der Waals surface area contributed by atoms with Crippen molar-refractivity contribution in [3.05, 3.63) is 36.5 Å². The van der Waals surface area contributed by atoms with Crippen LogP contribution in [0, 0.1) is 0 Å². The molecule has 3 N–H and O–H groups in total. The molecule has 2 atom stereocenters. The lowest BCUT2D eigenvalue weighted by molar-refractivity contribution is -0.122. The van der Waals surface area contributed by atoms with E-state index in [1.54, 1.807) is 6.08 Å². The number of carbonyl (C=O) groups is 1. The molecular formula is C37H69NO5S. The maximum absolute atomic E-state index is 12.4. The van der Waals surface area contributed by atoms with Gasteiger partial charge in [-0.15, -0.1) is 0 Å². The predicted molar refractivity (Wildman–Crippen MR) is 189 cm³/mol. The van der Waals surface area contributed by atoms with Crippen molar-refractivity contribution in [1.29, 1.82) is 0 Å². The molecule has 0 spiro atoms. The minimum atomic E-state index is -4.34. The second kappa shape index (κ2) is 31.5. The SMILES string of the molecule is CCC/C=C\C/C=C\CCCCCCCC(=O)NC(CS(=O)(=O)O)C(O)/C=C/CCCCCCCCCCCCCCCC. The molecule has 7 heteroatoms. The highest BCUT2D eigenvalue weighted by Gasteiger charge is 2.24. The predicted octanol–water partition coefficient (Wildman–Crippen LogP) is 10.2. The number of aliphatic hydroxyl groups excluding tert-OH is 1. The van der Waals surface area contributed by atoms with Crippen LogP contribution in [0.2, 0.25) is 0 Å². The number of aliphatic hydroxyl groups is 1. The first-order valence-corrected chi connectivity index (χ1v) is 19.8. The summed E-state index contributed by atoms with van der Waals surface area (Å²) >= 11 is 0. The Kier molecular flexibility index (Phi) is 30.5. The standard InChI is InChI=1S/C37H69NO5S/c1-3-5-7-9-11-13-15-17-18-19-21-22-24-26-28-30-32-36(39)35(34-44(41,42)43)38-37(40)33-31-29-27-25-23-20-16-14-12-10-8-6-4-2/h8,10,14,16,30,32,35-36,39H,3-7,9,11-13,15,17-29,31,33-34H2,1-2H3,(H,38,40)(H,41,42,43)/b10-8-,16-14-,32-30+. The van der Waals surface area contributed by atoms with Crippen LogP contribution in [0.4, 0.5) is 0 Å². The summed E-state index contributed by atoms with van der Waals surface area (Å²) in [5.41, 5.74) is 0. The van der Waals surface area contributed by atoms with Crippen LogP contribution in [0.3, 0.4) is 0 Å². The van der Waals surface area contributed by atoms with E-state index in [2.05, 4.69) is 43.5 Å². The van der Waals surface area contributed by atoms with Crippen LogP contribution in [-0.4, -0.2) is 41.9 Å². The van der Waals surface area contributed by atoms with Crippen LogP contribution in [0.25, 0.3) is 0 Å². The van der Waals surface area contributed by atoms with Gasteiger partial charge >= 0.3 is 0 Å². The van der Waals surface area contributed by atoms with E-state index in [9.17, 15) is 22.9 Å². The number of allylic oxidation sites excluding steroid dienone is 5. The average molecular weight is 640 g/mol. The molecule has 0 aliphatic rings. The Hall–Kier alpha value is -1.44. The van der Waals surface area contributed by atoms with E-state index in [1.807, 2.05) is 6.08 Å². The van der Waals surface area contributed by atoms with Crippen LogP contribution in [0.1, 0.15) is 174 Å². The highest BCUT2D eigenvalue weighted by Crippen LogP contribution is 2.14. The van der Waals surface area contributed by atoms with Gasteiger partial charge in [-0.25, -0.2) is 0 Å². The summed E-state index contributed by atoms with van der Waals surface area (Å²) in [6.07, 6.45) is 39.8. The maximum atomic E-state index is 12.4. The van der Waals surface area contributed by atoms with Crippen molar-refractivity contribution in [2.45, 2.75) is 187 Å². The van der Waals surface area contributed by atoms with E-state index in [-0.39, 0.29) is 12.3 Å². The molecule has 0 rings (SSSR count). The largest absolute Gasteiger partial charge is 0.387 e. The Balaban J connectivity index is 4.01. The summed E-state index contributed by atoms with van der Waals surface area (Å²) in [6, 6.07) is -1.06. The van der Waals surface area contributed by atoms with Crippen molar-refractivity contribution in [3.8, 4) is 0 Å². The third-order valence-corrected chi connectivity index (χ3v) is 8.82. The lowest BCUT2D eigenvalue weighted by Crippen LogP contribution is -2.46. The smallest absolute Gasteiger partial charge is 0.267 e. The number of carbonyl (C=O) groups excluding carboxylic acids is 1.